The first-order valence-corrected chi connectivity index (χ1v) is 12.2. The topological polar surface area (TPSA) is 0 Å². The van der Waals surface area contributed by atoms with Crippen molar-refractivity contribution < 1.29 is 0 Å². The third kappa shape index (κ3) is 3.22. The van der Waals surface area contributed by atoms with Crippen molar-refractivity contribution in [2.45, 2.75) is 6.92 Å². The zero-order valence-electron chi connectivity index (χ0n) is 19.6. The highest BCUT2D eigenvalue weighted by Crippen LogP contribution is 2.44. The maximum absolute atomic E-state index is 2.35. The number of hydrogen-bond acceptors (Lipinski definition) is 0. The quantitative estimate of drug-likeness (QED) is 0.233. The Hall–Kier alpha value is -4.42. The Labute approximate surface area is 205 Å². The second kappa shape index (κ2) is 7.82. The van der Waals surface area contributed by atoms with Gasteiger partial charge in [-0.25, -0.2) is 0 Å². The van der Waals surface area contributed by atoms with E-state index in [-0.39, 0.29) is 0 Å². The fourth-order valence-corrected chi connectivity index (χ4v) is 5.62. The molecule has 0 atom stereocenters. The minimum atomic E-state index is 1.26. The van der Waals surface area contributed by atoms with Crippen LogP contribution in [0.4, 0.5) is 0 Å². The Morgan fingerprint density at radius 3 is 1.34 bits per heavy atom. The van der Waals surface area contributed by atoms with Gasteiger partial charge in [-0.05, 0) is 84.4 Å². The summed E-state index contributed by atoms with van der Waals surface area (Å²) < 4.78 is 0. The van der Waals surface area contributed by atoms with E-state index in [0.717, 1.165) is 0 Å². The third-order valence-corrected chi connectivity index (χ3v) is 7.25. The van der Waals surface area contributed by atoms with Crippen LogP contribution in [-0.4, -0.2) is 0 Å². The molecular weight excluding hydrogens is 420 g/mol. The molecule has 164 valence electrons. The Kier molecular flexibility index (Phi) is 4.47. The first-order chi connectivity index (χ1) is 17.3. The van der Waals surface area contributed by atoms with Gasteiger partial charge < -0.3 is 0 Å². The van der Waals surface area contributed by atoms with Gasteiger partial charge in [0.2, 0.25) is 0 Å². The Morgan fingerprint density at radius 2 is 0.771 bits per heavy atom. The van der Waals surface area contributed by atoms with Crippen LogP contribution in [0, 0.1) is 6.92 Å². The molecule has 0 amide bonds. The number of fused-ring (bicyclic) bond motifs is 4. The monoisotopic (exact) mass is 444 g/mol. The van der Waals surface area contributed by atoms with Gasteiger partial charge in [-0.1, -0.05) is 121 Å². The van der Waals surface area contributed by atoms with Crippen LogP contribution >= 0.6 is 0 Å². The normalized spacial score (nSPS) is 11.6. The highest BCUT2D eigenvalue weighted by atomic mass is 14.2. The molecule has 0 N–H and O–H groups in total. The minimum Gasteiger partial charge on any atom is -0.0616 e. The van der Waals surface area contributed by atoms with E-state index in [1.54, 1.807) is 0 Å². The van der Waals surface area contributed by atoms with Gasteiger partial charge in [-0.3, -0.25) is 0 Å². The molecule has 35 heavy (non-hydrogen) atoms. The lowest BCUT2D eigenvalue weighted by atomic mass is 9.85. The van der Waals surface area contributed by atoms with E-state index in [1.807, 2.05) is 0 Å². The second-order valence-electron chi connectivity index (χ2n) is 9.47. The maximum Gasteiger partial charge on any atom is -0.00262 e. The average Bonchev–Trinajstić information content (AvgIpc) is 2.91. The van der Waals surface area contributed by atoms with E-state index >= 15 is 0 Å². The third-order valence-electron chi connectivity index (χ3n) is 7.25. The van der Waals surface area contributed by atoms with E-state index in [2.05, 4.69) is 134 Å². The summed E-state index contributed by atoms with van der Waals surface area (Å²) in [6, 6.07) is 46.8. The molecule has 0 aromatic heterocycles. The van der Waals surface area contributed by atoms with E-state index in [4.69, 9.17) is 0 Å². The number of hydrogen-bond donors (Lipinski definition) is 0. The number of rotatable bonds is 2. The summed E-state index contributed by atoms with van der Waals surface area (Å²) in [6.07, 6.45) is 0. The summed E-state index contributed by atoms with van der Waals surface area (Å²) in [4.78, 5) is 0. The van der Waals surface area contributed by atoms with Crippen LogP contribution in [0.15, 0.2) is 127 Å². The molecule has 0 heterocycles. The van der Waals surface area contributed by atoms with Gasteiger partial charge in [0.25, 0.3) is 0 Å². The van der Waals surface area contributed by atoms with Crippen LogP contribution in [0.2, 0.25) is 0 Å². The van der Waals surface area contributed by atoms with Crippen molar-refractivity contribution in [2.24, 2.45) is 0 Å². The van der Waals surface area contributed by atoms with Gasteiger partial charge in [-0.15, -0.1) is 0 Å². The van der Waals surface area contributed by atoms with E-state index in [1.165, 1.54) is 70.9 Å². The van der Waals surface area contributed by atoms with Crippen LogP contribution < -0.4 is 0 Å². The van der Waals surface area contributed by atoms with Crippen molar-refractivity contribution in [2.75, 3.05) is 0 Å². The van der Waals surface area contributed by atoms with Gasteiger partial charge in [0.05, 0.1) is 0 Å². The van der Waals surface area contributed by atoms with E-state index in [0.29, 0.717) is 0 Å². The summed E-state index contributed by atoms with van der Waals surface area (Å²) >= 11 is 0. The van der Waals surface area contributed by atoms with Crippen LogP contribution in [0.1, 0.15) is 5.56 Å². The molecule has 7 rings (SSSR count). The lowest BCUT2D eigenvalue weighted by molar-refractivity contribution is 1.51. The number of benzene rings is 7. The molecule has 7 aromatic rings. The predicted octanol–water partition coefficient (Wildman–Crippen LogP) is 9.94. The van der Waals surface area contributed by atoms with Crippen molar-refractivity contribution in [3.05, 3.63) is 133 Å². The molecule has 0 bridgehead atoms. The van der Waals surface area contributed by atoms with Gasteiger partial charge in [0, 0.05) is 0 Å². The summed E-state index contributed by atoms with van der Waals surface area (Å²) in [5, 5.41) is 10.3. The molecule has 7 aromatic carbocycles. The first kappa shape index (κ1) is 20.0. The molecule has 0 aliphatic heterocycles. The highest BCUT2D eigenvalue weighted by molar-refractivity contribution is 6.22. The average molecular weight is 445 g/mol. The lowest BCUT2D eigenvalue weighted by Crippen LogP contribution is -1.91. The fraction of sp³-hybridized carbons (Fsp3) is 0.0286. The van der Waals surface area contributed by atoms with Crippen molar-refractivity contribution in [3.8, 4) is 22.3 Å². The van der Waals surface area contributed by atoms with Crippen LogP contribution in [0.5, 0.6) is 0 Å². The highest BCUT2D eigenvalue weighted by Gasteiger charge is 2.16. The van der Waals surface area contributed by atoms with Crippen LogP contribution in [0.3, 0.4) is 0 Å². The molecule has 0 nitrogen and oxygen atoms in total. The first-order valence-electron chi connectivity index (χ1n) is 12.2. The van der Waals surface area contributed by atoms with Crippen molar-refractivity contribution in [1.82, 2.24) is 0 Å². The standard InChI is InChI=1S/C35H24/c1-23-14-15-25-17-19-28(22-29(25)20-23)35-32-12-6-4-10-30(32)34(31-11-5-7-13-33(31)35)27-18-16-24-8-2-3-9-26(24)21-27/h2-22H,1H3. The fourth-order valence-electron chi connectivity index (χ4n) is 5.62. The molecule has 0 saturated heterocycles. The summed E-state index contributed by atoms with van der Waals surface area (Å²) in [6.45, 7) is 2.16. The van der Waals surface area contributed by atoms with E-state index in [9.17, 15) is 0 Å². The molecule has 0 saturated carbocycles. The van der Waals surface area contributed by atoms with Gasteiger partial charge in [0.1, 0.15) is 0 Å². The van der Waals surface area contributed by atoms with Crippen LogP contribution in [0.25, 0.3) is 65.3 Å². The Balaban J connectivity index is 1.60. The Bertz CT molecular complexity index is 1850. The lowest BCUT2D eigenvalue weighted by Gasteiger charge is -2.18. The molecule has 0 fully saturated rings. The molecule has 0 radical (unpaired) electrons. The molecule has 0 spiro atoms. The molecule has 0 aliphatic carbocycles. The Morgan fingerprint density at radius 1 is 0.343 bits per heavy atom. The van der Waals surface area contributed by atoms with E-state index < -0.39 is 0 Å². The van der Waals surface area contributed by atoms with Crippen molar-refractivity contribution in [1.29, 1.82) is 0 Å². The molecule has 0 unspecified atom stereocenters. The second-order valence-corrected chi connectivity index (χ2v) is 9.47. The minimum absolute atomic E-state index is 1.26. The predicted molar refractivity (Wildman–Crippen MR) is 152 cm³/mol. The largest absolute Gasteiger partial charge is 0.0616 e. The number of aryl methyl sites for hydroxylation is 1. The van der Waals surface area contributed by atoms with Crippen LogP contribution in [-0.2, 0) is 0 Å². The van der Waals surface area contributed by atoms with Crippen molar-refractivity contribution in [3.63, 3.8) is 0 Å². The molecule has 0 aliphatic rings. The van der Waals surface area contributed by atoms with Crippen molar-refractivity contribution >= 4 is 43.1 Å². The zero-order chi connectivity index (χ0) is 23.4. The SMILES string of the molecule is Cc1ccc2ccc(-c3c4ccccc4c(-c4ccc5ccccc5c4)c4ccccc34)cc2c1. The van der Waals surface area contributed by atoms with Gasteiger partial charge >= 0.3 is 0 Å². The molecule has 0 heteroatoms. The summed E-state index contributed by atoms with van der Waals surface area (Å²) in [7, 11) is 0. The van der Waals surface area contributed by atoms with Gasteiger partial charge in [0.15, 0.2) is 0 Å². The summed E-state index contributed by atoms with van der Waals surface area (Å²) in [5.41, 5.74) is 6.43. The molecular formula is C35H24. The zero-order valence-corrected chi connectivity index (χ0v) is 19.6. The maximum atomic E-state index is 2.35. The summed E-state index contributed by atoms with van der Waals surface area (Å²) in [5.74, 6) is 0. The van der Waals surface area contributed by atoms with Gasteiger partial charge in [-0.2, -0.15) is 0 Å². The smallest absolute Gasteiger partial charge is 0.00262 e.